The van der Waals surface area contributed by atoms with Gasteiger partial charge < -0.3 is 14.5 Å². The number of ether oxygens (including phenoxy) is 1. The molecule has 1 aromatic rings. The molecule has 2 amide bonds. The minimum Gasteiger partial charge on any atom is -0.453 e. The van der Waals surface area contributed by atoms with Gasteiger partial charge in [0, 0.05) is 19.0 Å². The second-order valence-electron chi connectivity index (χ2n) is 9.40. The lowest BCUT2D eigenvalue weighted by Gasteiger charge is -2.36. The first kappa shape index (κ1) is 20.2. The Hall–Kier alpha value is -2.70. The Morgan fingerprint density at radius 3 is 2.45 bits per heavy atom. The van der Waals surface area contributed by atoms with E-state index in [0.717, 1.165) is 37.7 Å². The molecule has 4 atom stereocenters. The fourth-order valence-electron chi connectivity index (χ4n) is 6.30. The first-order valence-electron chi connectivity index (χ1n) is 11.3. The molecule has 164 valence electrons. The summed E-state index contributed by atoms with van der Waals surface area (Å²) in [5, 5.41) is 0. The van der Waals surface area contributed by atoms with E-state index in [2.05, 4.69) is 0 Å². The Kier molecular flexibility index (Phi) is 4.87. The highest BCUT2D eigenvalue weighted by molar-refractivity contribution is 6.02. The van der Waals surface area contributed by atoms with Crippen LogP contribution in [0.2, 0.25) is 0 Å². The summed E-state index contributed by atoms with van der Waals surface area (Å²) >= 11 is 0. The van der Waals surface area contributed by atoms with Crippen molar-refractivity contribution in [1.29, 1.82) is 0 Å². The Labute approximate surface area is 181 Å². The lowest BCUT2D eigenvalue weighted by Crippen LogP contribution is -2.54. The van der Waals surface area contributed by atoms with E-state index in [9.17, 15) is 19.2 Å². The van der Waals surface area contributed by atoms with Crippen LogP contribution in [0.5, 0.6) is 0 Å². The summed E-state index contributed by atoms with van der Waals surface area (Å²) in [7, 11) is 0. The zero-order valence-corrected chi connectivity index (χ0v) is 17.8. The van der Waals surface area contributed by atoms with Crippen molar-refractivity contribution in [3.63, 3.8) is 0 Å². The van der Waals surface area contributed by atoms with Crippen molar-refractivity contribution in [2.24, 2.45) is 5.92 Å². The van der Waals surface area contributed by atoms with Crippen molar-refractivity contribution in [2.45, 2.75) is 82.1 Å². The minimum absolute atomic E-state index is 0.00831. The van der Waals surface area contributed by atoms with Crippen LogP contribution in [0, 0.1) is 5.92 Å². The molecular weight excluding hydrogens is 396 g/mol. The smallest absolute Gasteiger partial charge is 0.307 e. The van der Waals surface area contributed by atoms with Crippen molar-refractivity contribution in [1.82, 2.24) is 9.80 Å². The summed E-state index contributed by atoms with van der Waals surface area (Å²) in [5.41, 5.74) is -0.319. The number of likely N-dealkylation sites (tertiary alicyclic amines) is 2. The predicted octanol–water partition coefficient (Wildman–Crippen LogP) is 2.22. The van der Waals surface area contributed by atoms with Gasteiger partial charge in [-0.2, -0.15) is 0 Å². The van der Waals surface area contributed by atoms with Crippen LogP contribution in [-0.4, -0.2) is 57.1 Å². The van der Waals surface area contributed by atoms with Crippen molar-refractivity contribution < 1.29 is 23.9 Å². The summed E-state index contributed by atoms with van der Waals surface area (Å²) in [6.07, 6.45) is 4.97. The third kappa shape index (κ3) is 3.00. The van der Waals surface area contributed by atoms with Crippen molar-refractivity contribution in [3.05, 3.63) is 35.9 Å². The number of hydrogen-bond acceptors (Lipinski definition) is 5. The maximum Gasteiger partial charge on any atom is 0.307 e. The fraction of sp³-hybridized carbons (Fsp3) is 0.583. The van der Waals surface area contributed by atoms with Gasteiger partial charge in [0.1, 0.15) is 5.78 Å². The molecule has 0 N–H and O–H groups in total. The van der Waals surface area contributed by atoms with Crippen LogP contribution in [0.15, 0.2) is 30.3 Å². The number of carbonyl (C=O) groups excluding carboxylic acids is 4. The van der Waals surface area contributed by atoms with Crippen LogP contribution in [0.1, 0.15) is 57.4 Å². The molecule has 1 aromatic carbocycles. The van der Waals surface area contributed by atoms with E-state index in [4.69, 9.17) is 4.74 Å². The molecule has 1 saturated carbocycles. The van der Waals surface area contributed by atoms with Crippen molar-refractivity contribution in [3.8, 4) is 0 Å². The van der Waals surface area contributed by atoms with Gasteiger partial charge in [0.15, 0.2) is 11.6 Å². The molecule has 0 radical (unpaired) electrons. The Morgan fingerprint density at radius 1 is 1.06 bits per heavy atom. The monoisotopic (exact) mass is 424 g/mol. The predicted molar refractivity (Wildman–Crippen MR) is 111 cm³/mol. The second kappa shape index (κ2) is 7.46. The summed E-state index contributed by atoms with van der Waals surface area (Å²) in [6.45, 7) is 1.81. The van der Waals surface area contributed by atoms with Crippen molar-refractivity contribution in [2.75, 3.05) is 0 Å². The molecule has 0 unspecified atom stereocenters. The van der Waals surface area contributed by atoms with Crippen LogP contribution in [0.3, 0.4) is 0 Å². The van der Waals surface area contributed by atoms with Gasteiger partial charge in [-0.05, 0) is 25.3 Å². The Balaban J connectivity index is 1.59. The molecule has 0 aromatic heterocycles. The summed E-state index contributed by atoms with van der Waals surface area (Å²) in [4.78, 5) is 55.5. The van der Waals surface area contributed by atoms with E-state index >= 15 is 0 Å². The lowest BCUT2D eigenvalue weighted by atomic mass is 9.79. The third-order valence-electron chi connectivity index (χ3n) is 7.52. The van der Waals surface area contributed by atoms with Crippen LogP contribution in [-0.2, 0) is 30.5 Å². The molecule has 7 heteroatoms. The maximum absolute atomic E-state index is 13.9. The van der Waals surface area contributed by atoms with Gasteiger partial charge in [-0.15, -0.1) is 0 Å². The number of benzene rings is 1. The summed E-state index contributed by atoms with van der Waals surface area (Å²) in [6, 6.07) is 8.14. The SMILES string of the molecule is CC(=O)C[C@@H]1N(Cc2ccccc2)C(=O)[C@@H]2N(C3CCCCC3)C(=O)[C@@H]3CC(=O)O[C@]123. The first-order chi connectivity index (χ1) is 14.9. The molecule has 3 saturated heterocycles. The van der Waals surface area contributed by atoms with E-state index in [0.29, 0.717) is 6.54 Å². The number of ketones is 1. The van der Waals surface area contributed by atoms with E-state index in [-0.39, 0.29) is 36.5 Å². The Morgan fingerprint density at radius 2 is 1.77 bits per heavy atom. The van der Waals surface area contributed by atoms with Crippen LogP contribution < -0.4 is 0 Å². The highest BCUT2D eigenvalue weighted by Gasteiger charge is 2.77. The summed E-state index contributed by atoms with van der Waals surface area (Å²) in [5.74, 6) is -1.58. The number of amides is 2. The molecular formula is C24H28N2O5. The molecule has 5 rings (SSSR count). The summed E-state index contributed by atoms with van der Waals surface area (Å²) < 4.78 is 5.92. The molecule has 1 spiro atoms. The van der Waals surface area contributed by atoms with Crippen LogP contribution in [0.25, 0.3) is 0 Å². The number of hydrogen-bond donors (Lipinski definition) is 0. The molecule has 31 heavy (non-hydrogen) atoms. The number of carbonyl (C=O) groups is 4. The van der Waals surface area contributed by atoms with Gasteiger partial charge in [0.2, 0.25) is 11.8 Å². The molecule has 3 aliphatic heterocycles. The number of nitrogens with zero attached hydrogens (tertiary/aromatic N) is 2. The largest absolute Gasteiger partial charge is 0.453 e. The van der Waals surface area contributed by atoms with E-state index in [1.54, 1.807) is 9.80 Å². The molecule has 1 aliphatic carbocycles. The van der Waals surface area contributed by atoms with E-state index in [1.807, 2.05) is 30.3 Å². The number of esters is 1. The molecule has 4 aliphatic rings. The van der Waals surface area contributed by atoms with Gasteiger partial charge >= 0.3 is 5.97 Å². The van der Waals surface area contributed by atoms with E-state index in [1.165, 1.54) is 6.92 Å². The lowest BCUT2D eigenvalue weighted by molar-refractivity contribution is -0.155. The first-order valence-corrected chi connectivity index (χ1v) is 11.3. The normalized spacial score (nSPS) is 32.9. The minimum atomic E-state index is -1.26. The van der Waals surface area contributed by atoms with E-state index < -0.39 is 29.6 Å². The third-order valence-corrected chi connectivity index (χ3v) is 7.52. The average Bonchev–Trinajstić information content (AvgIpc) is 3.29. The Bertz CT molecular complexity index is 925. The van der Waals surface area contributed by atoms with Gasteiger partial charge in [-0.1, -0.05) is 49.6 Å². The number of Topliss-reactive ketones (excluding diaryl/α,β-unsaturated/α-hetero) is 1. The van der Waals surface area contributed by atoms with Gasteiger partial charge in [0.25, 0.3) is 0 Å². The van der Waals surface area contributed by atoms with Crippen LogP contribution in [0.4, 0.5) is 0 Å². The van der Waals surface area contributed by atoms with Gasteiger partial charge in [-0.3, -0.25) is 19.2 Å². The zero-order chi connectivity index (χ0) is 21.8. The average molecular weight is 424 g/mol. The molecule has 3 heterocycles. The standard InChI is InChI=1S/C24H28N2O5/c1-15(27)12-19-24-18(13-20(28)31-24)22(29)26(17-10-6-3-7-11-17)21(24)23(30)25(19)14-16-8-4-2-5-9-16/h2,4-5,8-9,17-19,21H,3,6-7,10-14H2,1H3/t18-,19-,21-,24+/m0/s1. The van der Waals surface area contributed by atoms with Gasteiger partial charge in [-0.25, -0.2) is 0 Å². The molecule has 4 fully saturated rings. The highest BCUT2D eigenvalue weighted by Crippen LogP contribution is 2.55. The fourth-order valence-corrected chi connectivity index (χ4v) is 6.30. The highest BCUT2D eigenvalue weighted by atomic mass is 16.6. The molecule has 7 nitrogen and oxygen atoms in total. The van der Waals surface area contributed by atoms with Crippen LogP contribution >= 0.6 is 0 Å². The topological polar surface area (TPSA) is 84.0 Å². The maximum atomic E-state index is 13.9. The quantitative estimate of drug-likeness (QED) is 0.677. The number of rotatable bonds is 5. The second-order valence-corrected chi connectivity index (χ2v) is 9.40. The molecule has 0 bridgehead atoms. The van der Waals surface area contributed by atoms with Crippen molar-refractivity contribution >= 4 is 23.6 Å². The zero-order valence-electron chi connectivity index (χ0n) is 17.8. The van der Waals surface area contributed by atoms with Gasteiger partial charge in [0.05, 0.1) is 18.4 Å².